The molecule has 1 aromatic carbocycles. The topological polar surface area (TPSA) is 94.1 Å². The highest BCUT2D eigenvalue weighted by molar-refractivity contribution is 5.13. The van der Waals surface area contributed by atoms with Crippen molar-refractivity contribution in [3.05, 3.63) is 35.9 Å². The van der Waals surface area contributed by atoms with E-state index in [0.717, 1.165) is 69.8 Å². The summed E-state index contributed by atoms with van der Waals surface area (Å²) < 4.78 is 50.2. The zero-order chi connectivity index (χ0) is 32.5. The number of benzene rings is 1. The molecule has 0 radical (unpaired) electrons. The van der Waals surface area contributed by atoms with Crippen molar-refractivity contribution < 1.29 is 43.0 Å². The lowest BCUT2D eigenvalue weighted by Gasteiger charge is -2.32. The van der Waals surface area contributed by atoms with E-state index in [1.165, 1.54) is 0 Å². The summed E-state index contributed by atoms with van der Waals surface area (Å²) in [7, 11) is 0. The molecule has 4 unspecified atom stereocenters. The van der Waals surface area contributed by atoms with E-state index in [9.17, 15) is 5.11 Å². The normalized spacial score (nSPS) is 22.1. The summed E-state index contributed by atoms with van der Waals surface area (Å²) in [6, 6.07) is 10.1. The molecule has 0 spiro atoms. The second kappa shape index (κ2) is 25.9. The number of ether oxygens (including phenoxy) is 8. The Morgan fingerprint density at radius 2 is 1.27 bits per heavy atom. The monoisotopic (exact) mass is 640 g/mol. The van der Waals surface area contributed by atoms with Crippen molar-refractivity contribution in [3.63, 3.8) is 0 Å². The Kier molecular flexibility index (Phi) is 23.0. The summed E-state index contributed by atoms with van der Waals surface area (Å²) in [5, 5.41) is 11.1. The van der Waals surface area contributed by atoms with Crippen molar-refractivity contribution in [2.75, 3.05) is 46.2 Å². The summed E-state index contributed by atoms with van der Waals surface area (Å²) in [6.07, 6.45) is 5.24. The Labute approximate surface area is 273 Å². The van der Waals surface area contributed by atoms with Gasteiger partial charge in [0.1, 0.15) is 30.5 Å². The molecular formula is C36H64O9. The van der Waals surface area contributed by atoms with Gasteiger partial charge in [-0.05, 0) is 37.7 Å². The standard InChI is InChI=1S/C36H64O9/c1-6-11-21-38-27-31-32(43-26-29-19-17-16-18-20-29)34(41-24-14-9-4)36(45-31)44-28-30(39-22-12-7-2)33(40-23-13-8-3)35(37)42-25-15-10-5/h16-20,30-37H,6-15,21-28H2,1-5H3/t30?,31-,32?,33?,34+,35?,36-/m1/s1. The molecule has 1 heterocycles. The van der Waals surface area contributed by atoms with Gasteiger partial charge in [0, 0.05) is 33.0 Å². The van der Waals surface area contributed by atoms with E-state index in [-0.39, 0.29) is 18.8 Å². The first-order chi connectivity index (χ1) is 22.1. The van der Waals surface area contributed by atoms with Gasteiger partial charge in [-0.1, -0.05) is 97.1 Å². The van der Waals surface area contributed by atoms with Crippen LogP contribution in [0.15, 0.2) is 30.3 Å². The summed E-state index contributed by atoms with van der Waals surface area (Å²) in [6.45, 7) is 14.3. The fourth-order valence-corrected chi connectivity index (χ4v) is 4.90. The van der Waals surface area contributed by atoms with Gasteiger partial charge in [0.25, 0.3) is 0 Å². The van der Waals surface area contributed by atoms with E-state index >= 15 is 0 Å². The summed E-state index contributed by atoms with van der Waals surface area (Å²) in [5.41, 5.74) is 1.08. The SMILES string of the molecule is CCCCOC[C@H]1O[C@@H](OCC(OCCCC)C(OCCCC)C(O)OCCCC)[C@@H](OCCCC)C1OCc1ccccc1. The third-order valence-electron chi connectivity index (χ3n) is 7.78. The van der Waals surface area contributed by atoms with Crippen LogP contribution in [0.2, 0.25) is 0 Å². The Morgan fingerprint density at radius 3 is 1.93 bits per heavy atom. The van der Waals surface area contributed by atoms with E-state index in [1.807, 2.05) is 30.3 Å². The van der Waals surface area contributed by atoms with E-state index < -0.39 is 30.9 Å². The molecule has 0 bridgehead atoms. The second-order valence-corrected chi connectivity index (χ2v) is 11.8. The lowest BCUT2D eigenvalue weighted by Crippen LogP contribution is -2.47. The van der Waals surface area contributed by atoms with Crippen LogP contribution in [-0.2, 0) is 44.5 Å². The second-order valence-electron chi connectivity index (χ2n) is 11.8. The van der Waals surface area contributed by atoms with Crippen LogP contribution in [0.25, 0.3) is 0 Å². The van der Waals surface area contributed by atoms with Gasteiger partial charge in [0.2, 0.25) is 0 Å². The molecule has 1 saturated heterocycles. The van der Waals surface area contributed by atoms with Crippen molar-refractivity contribution >= 4 is 0 Å². The first kappa shape index (κ1) is 40.0. The van der Waals surface area contributed by atoms with Crippen molar-refractivity contribution in [2.45, 2.75) is 149 Å². The molecule has 1 aromatic rings. The summed E-state index contributed by atoms with van der Waals surface area (Å²) >= 11 is 0. The maximum atomic E-state index is 11.1. The zero-order valence-electron chi connectivity index (χ0n) is 28.9. The fourth-order valence-electron chi connectivity index (χ4n) is 4.90. The Hall–Kier alpha value is -1.14. The van der Waals surface area contributed by atoms with Crippen molar-refractivity contribution in [1.82, 2.24) is 0 Å². The molecular weight excluding hydrogens is 576 g/mol. The Bertz CT molecular complexity index is 798. The highest BCUT2D eigenvalue weighted by Crippen LogP contribution is 2.30. The van der Waals surface area contributed by atoms with E-state index in [2.05, 4.69) is 34.6 Å². The van der Waals surface area contributed by atoms with Crippen LogP contribution in [-0.4, -0.2) is 94.5 Å². The summed E-state index contributed by atoms with van der Waals surface area (Å²) in [4.78, 5) is 0. The van der Waals surface area contributed by atoms with Gasteiger partial charge in [0.15, 0.2) is 12.6 Å². The molecule has 7 atom stereocenters. The average molecular weight is 641 g/mol. The number of aliphatic hydroxyl groups excluding tert-OH is 1. The minimum absolute atomic E-state index is 0.141. The number of hydrogen-bond donors (Lipinski definition) is 1. The van der Waals surface area contributed by atoms with Crippen LogP contribution >= 0.6 is 0 Å². The van der Waals surface area contributed by atoms with Gasteiger partial charge in [-0.3, -0.25) is 0 Å². The van der Waals surface area contributed by atoms with Gasteiger partial charge in [-0.25, -0.2) is 0 Å². The van der Waals surface area contributed by atoms with Gasteiger partial charge in [-0.15, -0.1) is 0 Å². The molecule has 9 heteroatoms. The van der Waals surface area contributed by atoms with Crippen molar-refractivity contribution in [1.29, 1.82) is 0 Å². The smallest absolute Gasteiger partial charge is 0.187 e. The van der Waals surface area contributed by atoms with Gasteiger partial charge < -0.3 is 43.0 Å². The summed E-state index contributed by atoms with van der Waals surface area (Å²) in [5.74, 6) is 0. The van der Waals surface area contributed by atoms with Crippen molar-refractivity contribution in [2.24, 2.45) is 0 Å². The molecule has 45 heavy (non-hydrogen) atoms. The Balaban J connectivity index is 2.24. The largest absolute Gasteiger partial charge is 0.379 e. The minimum Gasteiger partial charge on any atom is -0.379 e. The molecule has 0 aromatic heterocycles. The number of hydrogen-bond acceptors (Lipinski definition) is 9. The first-order valence-electron chi connectivity index (χ1n) is 17.7. The van der Waals surface area contributed by atoms with Crippen LogP contribution in [0.5, 0.6) is 0 Å². The molecule has 0 amide bonds. The molecule has 1 aliphatic rings. The first-order valence-corrected chi connectivity index (χ1v) is 17.7. The predicted molar refractivity (Wildman–Crippen MR) is 176 cm³/mol. The molecule has 0 saturated carbocycles. The van der Waals surface area contributed by atoms with Gasteiger partial charge in [0.05, 0.1) is 19.8 Å². The lowest BCUT2D eigenvalue weighted by atomic mass is 10.1. The fraction of sp³-hybridized carbons (Fsp3) is 0.833. The van der Waals surface area contributed by atoms with Crippen LogP contribution in [0, 0.1) is 0 Å². The van der Waals surface area contributed by atoms with Gasteiger partial charge >= 0.3 is 0 Å². The molecule has 9 nitrogen and oxygen atoms in total. The van der Waals surface area contributed by atoms with Crippen LogP contribution in [0.1, 0.15) is 104 Å². The highest BCUT2D eigenvalue weighted by atomic mass is 16.7. The molecule has 262 valence electrons. The van der Waals surface area contributed by atoms with E-state index in [1.54, 1.807) is 0 Å². The molecule has 1 aliphatic heterocycles. The zero-order valence-corrected chi connectivity index (χ0v) is 28.9. The van der Waals surface area contributed by atoms with E-state index in [4.69, 9.17) is 37.9 Å². The number of unbranched alkanes of at least 4 members (excludes halogenated alkanes) is 5. The Morgan fingerprint density at radius 1 is 0.667 bits per heavy atom. The van der Waals surface area contributed by atoms with Crippen LogP contribution in [0.4, 0.5) is 0 Å². The molecule has 2 rings (SSSR count). The number of rotatable bonds is 29. The van der Waals surface area contributed by atoms with Crippen molar-refractivity contribution in [3.8, 4) is 0 Å². The van der Waals surface area contributed by atoms with Crippen LogP contribution < -0.4 is 0 Å². The third-order valence-corrected chi connectivity index (χ3v) is 7.78. The average Bonchev–Trinajstić information content (AvgIpc) is 3.38. The maximum Gasteiger partial charge on any atom is 0.187 e. The van der Waals surface area contributed by atoms with Crippen LogP contribution in [0.3, 0.4) is 0 Å². The molecule has 1 fully saturated rings. The van der Waals surface area contributed by atoms with Gasteiger partial charge in [-0.2, -0.15) is 0 Å². The lowest BCUT2D eigenvalue weighted by molar-refractivity contribution is -0.242. The molecule has 1 N–H and O–H groups in total. The quantitative estimate of drug-likeness (QED) is 0.0748. The predicted octanol–water partition coefficient (Wildman–Crippen LogP) is 6.82. The van der Waals surface area contributed by atoms with E-state index in [0.29, 0.717) is 46.2 Å². The minimum atomic E-state index is -1.13. The maximum absolute atomic E-state index is 11.1. The molecule has 0 aliphatic carbocycles. The highest BCUT2D eigenvalue weighted by Gasteiger charge is 2.48. The third kappa shape index (κ3) is 16.0. The number of aliphatic hydroxyl groups is 1.